The molecule has 0 spiro atoms. The number of nitrogens with zero attached hydrogens (tertiary/aromatic N) is 4. The molecular formula is C19H17Cl2FN4O. The molecule has 0 saturated carbocycles. The highest BCUT2D eigenvalue weighted by atomic mass is 35.5. The normalized spacial score (nSPS) is 24.2. The van der Waals surface area contributed by atoms with Crippen molar-refractivity contribution in [2.24, 2.45) is 16.3 Å². The van der Waals surface area contributed by atoms with Gasteiger partial charge in [-0.25, -0.2) is 9.40 Å². The van der Waals surface area contributed by atoms with Crippen LogP contribution in [0.1, 0.15) is 17.3 Å². The number of hydrogen-bond acceptors (Lipinski definition) is 4. The van der Waals surface area contributed by atoms with Crippen LogP contribution in [-0.2, 0) is 0 Å². The number of carbonyl (C=O) groups excluding carboxylic acids is 1. The summed E-state index contributed by atoms with van der Waals surface area (Å²) in [4.78, 5) is 14.7. The maximum Gasteiger partial charge on any atom is 0.255 e. The Hall–Kier alpha value is -2.18. The van der Waals surface area contributed by atoms with E-state index in [9.17, 15) is 9.18 Å². The highest BCUT2D eigenvalue weighted by molar-refractivity contribution is 6.43. The Balaban J connectivity index is 1.55. The lowest BCUT2D eigenvalue weighted by Gasteiger charge is -2.40. The molecule has 3 atom stereocenters. The highest BCUT2D eigenvalue weighted by Gasteiger charge is 2.44. The zero-order chi connectivity index (χ0) is 19.1. The average Bonchev–Trinajstić information content (AvgIpc) is 3.09. The number of hydrogen-bond donors (Lipinski definition) is 0. The van der Waals surface area contributed by atoms with Crippen LogP contribution in [0, 0.1) is 11.7 Å². The van der Waals surface area contributed by atoms with E-state index in [4.69, 9.17) is 23.2 Å². The molecule has 140 valence electrons. The van der Waals surface area contributed by atoms with Gasteiger partial charge in [0.05, 0.1) is 27.3 Å². The molecule has 5 nitrogen and oxygen atoms in total. The van der Waals surface area contributed by atoms with E-state index >= 15 is 0 Å². The largest absolute Gasteiger partial charge is 0.336 e. The third kappa shape index (κ3) is 3.28. The van der Waals surface area contributed by atoms with Crippen molar-refractivity contribution in [3.05, 3.63) is 63.9 Å². The summed E-state index contributed by atoms with van der Waals surface area (Å²) in [6.07, 6.45) is 0. The maximum absolute atomic E-state index is 13.2. The molecule has 0 aliphatic carbocycles. The van der Waals surface area contributed by atoms with Gasteiger partial charge in [0.2, 0.25) is 0 Å². The third-order valence-electron chi connectivity index (χ3n) is 5.03. The van der Waals surface area contributed by atoms with Crippen molar-refractivity contribution in [2.45, 2.75) is 19.0 Å². The lowest BCUT2D eigenvalue weighted by molar-refractivity contribution is 0.0646. The minimum atomic E-state index is -0.293. The predicted molar refractivity (Wildman–Crippen MR) is 103 cm³/mol. The fourth-order valence-corrected chi connectivity index (χ4v) is 4.14. The molecule has 2 aromatic carbocycles. The summed E-state index contributed by atoms with van der Waals surface area (Å²) in [6, 6.07) is 11.1. The molecular weight excluding hydrogens is 390 g/mol. The Morgan fingerprint density at radius 3 is 2.63 bits per heavy atom. The van der Waals surface area contributed by atoms with Gasteiger partial charge in [-0.15, -0.1) is 0 Å². The van der Waals surface area contributed by atoms with E-state index in [1.54, 1.807) is 35.2 Å². The van der Waals surface area contributed by atoms with Crippen molar-refractivity contribution in [3.63, 3.8) is 0 Å². The molecule has 8 heteroatoms. The quantitative estimate of drug-likeness (QED) is 0.715. The van der Waals surface area contributed by atoms with Crippen LogP contribution < -0.4 is 5.01 Å². The number of benzene rings is 2. The number of fused-ring (bicyclic) bond motifs is 1. The van der Waals surface area contributed by atoms with Crippen LogP contribution in [0.3, 0.4) is 0 Å². The van der Waals surface area contributed by atoms with Crippen molar-refractivity contribution >= 4 is 34.8 Å². The summed E-state index contributed by atoms with van der Waals surface area (Å²) in [5, 5.41) is 11.1. The van der Waals surface area contributed by atoms with Gasteiger partial charge >= 0.3 is 0 Å². The van der Waals surface area contributed by atoms with Crippen LogP contribution >= 0.6 is 23.2 Å². The van der Waals surface area contributed by atoms with E-state index in [2.05, 4.69) is 17.3 Å². The SMILES string of the molecule is CC1CN(C(=O)c2cccc(Cl)c2Cl)CC2N=NN(c3ccc(F)cc3)C12. The third-order valence-corrected chi connectivity index (χ3v) is 5.85. The first kappa shape index (κ1) is 18.2. The van der Waals surface area contributed by atoms with Crippen LogP contribution in [0.5, 0.6) is 0 Å². The maximum atomic E-state index is 13.2. The smallest absolute Gasteiger partial charge is 0.255 e. The van der Waals surface area contributed by atoms with Crippen molar-refractivity contribution in [1.82, 2.24) is 4.90 Å². The van der Waals surface area contributed by atoms with Crippen LogP contribution in [0.25, 0.3) is 0 Å². The Morgan fingerprint density at radius 2 is 1.89 bits per heavy atom. The van der Waals surface area contributed by atoms with Crippen LogP contribution in [0.2, 0.25) is 10.0 Å². The molecule has 2 aliphatic rings. The van der Waals surface area contributed by atoms with Crippen molar-refractivity contribution < 1.29 is 9.18 Å². The van der Waals surface area contributed by atoms with Gasteiger partial charge in [-0.1, -0.05) is 41.4 Å². The van der Waals surface area contributed by atoms with Gasteiger partial charge in [-0.3, -0.25) is 4.79 Å². The van der Waals surface area contributed by atoms with E-state index < -0.39 is 0 Å². The van der Waals surface area contributed by atoms with E-state index in [0.29, 0.717) is 23.7 Å². The van der Waals surface area contributed by atoms with Crippen molar-refractivity contribution in [1.29, 1.82) is 0 Å². The Bertz CT molecular complexity index is 905. The van der Waals surface area contributed by atoms with Crippen LogP contribution in [0.4, 0.5) is 10.1 Å². The molecule has 1 fully saturated rings. The van der Waals surface area contributed by atoms with Gasteiger partial charge in [0.15, 0.2) is 0 Å². The van der Waals surface area contributed by atoms with Gasteiger partial charge in [-0.05, 0) is 42.3 Å². The van der Waals surface area contributed by atoms with Crippen molar-refractivity contribution in [3.8, 4) is 0 Å². The van der Waals surface area contributed by atoms with Crippen LogP contribution in [0.15, 0.2) is 52.8 Å². The molecule has 0 aromatic heterocycles. The number of amides is 1. The fraction of sp³-hybridized carbons (Fsp3) is 0.316. The highest BCUT2D eigenvalue weighted by Crippen LogP contribution is 2.35. The number of likely N-dealkylation sites (tertiary alicyclic amines) is 1. The second-order valence-electron chi connectivity index (χ2n) is 6.87. The molecule has 0 bridgehead atoms. The summed E-state index contributed by atoms with van der Waals surface area (Å²) < 4.78 is 13.2. The lowest BCUT2D eigenvalue weighted by Crippen LogP contribution is -2.55. The molecule has 2 heterocycles. The molecule has 4 rings (SSSR count). The number of anilines is 1. The zero-order valence-corrected chi connectivity index (χ0v) is 16.0. The Morgan fingerprint density at radius 1 is 1.15 bits per heavy atom. The summed E-state index contributed by atoms with van der Waals surface area (Å²) in [5.41, 5.74) is 1.18. The zero-order valence-electron chi connectivity index (χ0n) is 14.5. The monoisotopic (exact) mass is 406 g/mol. The van der Waals surface area contributed by atoms with Gasteiger partial charge in [-0.2, -0.15) is 5.11 Å². The summed E-state index contributed by atoms with van der Waals surface area (Å²) in [7, 11) is 0. The average molecular weight is 407 g/mol. The van der Waals surface area contributed by atoms with E-state index in [0.717, 1.165) is 5.69 Å². The molecule has 3 unspecified atom stereocenters. The van der Waals surface area contributed by atoms with E-state index in [1.165, 1.54) is 12.1 Å². The minimum Gasteiger partial charge on any atom is -0.336 e. The van der Waals surface area contributed by atoms with Gasteiger partial charge < -0.3 is 4.90 Å². The molecule has 0 N–H and O–H groups in total. The first-order valence-electron chi connectivity index (χ1n) is 8.64. The minimum absolute atomic E-state index is 0.0225. The number of halogens is 3. The Kier molecular flexibility index (Phi) is 4.78. The molecule has 2 aliphatic heterocycles. The van der Waals surface area contributed by atoms with Crippen LogP contribution in [-0.4, -0.2) is 36.0 Å². The number of carbonyl (C=O) groups is 1. The second kappa shape index (κ2) is 7.09. The standard InChI is InChI=1S/C19H17Cl2FN4O/c1-11-9-25(19(27)14-3-2-4-15(20)17(14)21)10-16-18(11)26(24-23-16)13-7-5-12(22)6-8-13/h2-8,11,16,18H,9-10H2,1H3. The number of rotatable bonds is 2. The van der Waals surface area contributed by atoms with Gasteiger partial charge in [0.25, 0.3) is 5.91 Å². The first-order valence-corrected chi connectivity index (χ1v) is 9.40. The summed E-state index contributed by atoms with van der Waals surface area (Å²) >= 11 is 12.3. The lowest BCUT2D eigenvalue weighted by atomic mass is 9.89. The van der Waals surface area contributed by atoms with E-state index in [1.807, 2.05) is 5.01 Å². The molecule has 1 saturated heterocycles. The summed E-state index contributed by atoms with van der Waals surface area (Å²) in [6.45, 7) is 3.05. The molecule has 0 radical (unpaired) electrons. The number of piperidine rings is 1. The van der Waals surface area contributed by atoms with Gasteiger partial charge in [0.1, 0.15) is 11.9 Å². The van der Waals surface area contributed by atoms with Crippen molar-refractivity contribution in [2.75, 3.05) is 18.1 Å². The second-order valence-corrected chi connectivity index (χ2v) is 7.66. The fourth-order valence-electron chi connectivity index (χ4n) is 3.76. The topological polar surface area (TPSA) is 48.3 Å². The molecule has 2 aromatic rings. The Labute approximate surface area is 166 Å². The predicted octanol–water partition coefficient (Wildman–Crippen LogP) is 4.85. The molecule has 27 heavy (non-hydrogen) atoms. The summed E-state index contributed by atoms with van der Waals surface area (Å²) in [5.74, 6) is -0.341. The van der Waals surface area contributed by atoms with E-state index in [-0.39, 0.29) is 34.7 Å². The molecule has 1 amide bonds. The van der Waals surface area contributed by atoms with Gasteiger partial charge in [0, 0.05) is 13.1 Å². The first-order chi connectivity index (χ1) is 13.0.